The van der Waals surface area contributed by atoms with Crippen LogP contribution in [0.15, 0.2) is 65.7 Å². The number of benzene rings is 3. The molecule has 4 rings (SSSR count). The quantitative estimate of drug-likeness (QED) is 0.510. The molecule has 0 atom stereocenters. The molecule has 3 aromatic carbocycles. The summed E-state index contributed by atoms with van der Waals surface area (Å²) in [5.74, 6) is -0.0292. The fourth-order valence-corrected chi connectivity index (χ4v) is 3.69. The SMILES string of the molecule is CC(=O)C1=NCc2cc(-c3cccc(NC(=O)Nc4cccc(Cl)c4Cl)c3)ccc21. The molecule has 0 spiro atoms. The summed E-state index contributed by atoms with van der Waals surface area (Å²) in [7, 11) is 0. The summed E-state index contributed by atoms with van der Waals surface area (Å²) in [6, 6.07) is 18.0. The molecule has 2 N–H and O–H groups in total. The van der Waals surface area contributed by atoms with Gasteiger partial charge >= 0.3 is 6.03 Å². The van der Waals surface area contributed by atoms with Gasteiger partial charge in [-0.2, -0.15) is 0 Å². The van der Waals surface area contributed by atoms with Crippen molar-refractivity contribution in [1.29, 1.82) is 0 Å². The predicted molar refractivity (Wildman–Crippen MR) is 122 cm³/mol. The molecule has 5 nitrogen and oxygen atoms in total. The van der Waals surface area contributed by atoms with E-state index in [9.17, 15) is 9.59 Å². The van der Waals surface area contributed by atoms with E-state index in [2.05, 4.69) is 15.6 Å². The molecule has 0 aromatic heterocycles. The van der Waals surface area contributed by atoms with Crippen molar-refractivity contribution in [3.05, 3.63) is 81.8 Å². The lowest BCUT2D eigenvalue weighted by Gasteiger charge is -2.11. The third-order valence-corrected chi connectivity index (χ3v) is 5.57. The lowest BCUT2D eigenvalue weighted by molar-refractivity contribution is -0.111. The van der Waals surface area contributed by atoms with E-state index < -0.39 is 6.03 Å². The minimum absolute atomic E-state index is 0.0292. The molecular formula is C23H17Cl2N3O2. The van der Waals surface area contributed by atoms with E-state index in [4.69, 9.17) is 23.2 Å². The second-order valence-corrected chi connectivity index (χ2v) is 7.64. The fourth-order valence-electron chi connectivity index (χ4n) is 3.35. The molecular weight excluding hydrogens is 421 g/mol. The van der Waals surface area contributed by atoms with E-state index in [1.54, 1.807) is 24.3 Å². The number of ketones is 1. The van der Waals surface area contributed by atoms with Gasteiger partial charge in [0.1, 0.15) is 5.71 Å². The number of Topliss-reactive ketones (excluding diaryl/α,β-unsaturated/α-hetero) is 1. The highest BCUT2D eigenvalue weighted by Crippen LogP contribution is 2.30. The van der Waals surface area contributed by atoms with Crippen LogP contribution >= 0.6 is 23.2 Å². The molecule has 30 heavy (non-hydrogen) atoms. The highest BCUT2D eigenvalue weighted by Gasteiger charge is 2.19. The van der Waals surface area contributed by atoms with Gasteiger partial charge in [0.05, 0.1) is 22.3 Å². The van der Waals surface area contributed by atoms with Crippen molar-refractivity contribution in [2.24, 2.45) is 4.99 Å². The van der Waals surface area contributed by atoms with Crippen molar-refractivity contribution in [2.45, 2.75) is 13.5 Å². The van der Waals surface area contributed by atoms with Crippen molar-refractivity contribution in [3.63, 3.8) is 0 Å². The van der Waals surface area contributed by atoms with E-state index >= 15 is 0 Å². The predicted octanol–water partition coefficient (Wildman–Crippen LogP) is 6.20. The molecule has 0 saturated heterocycles. The summed E-state index contributed by atoms with van der Waals surface area (Å²) in [4.78, 5) is 28.4. The maximum absolute atomic E-state index is 12.4. The number of rotatable bonds is 4. The van der Waals surface area contributed by atoms with Crippen LogP contribution in [0, 0.1) is 0 Å². The molecule has 0 fully saturated rings. The van der Waals surface area contributed by atoms with Crippen molar-refractivity contribution >= 4 is 52.1 Å². The van der Waals surface area contributed by atoms with Gasteiger partial charge in [-0.25, -0.2) is 4.79 Å². The second-order valence-electron chi connectivity index (χ2n) is 6.85. The van der Waals surface area contributed by atoms with Gasteiger partial charge in [-0.05, 0) is 47.0 Å². The van der Waals surface area contributed by atoms with Gasteiger partial charge in [-0.1, -0.05) is 53.5 Å². The molecule has 1 heterocycles. The maximum Gasteiger partial charge on any atom is 0.323 e. The summed E-state index contributed by atoms with van der Waals surface area (Å²) in [6.07, 6.45) is 0. The lowest BCUT2D eigenvalue weighted by atomic mass is 9.97. The Kier molecular flexibility index (Phi) is 5.57. The zero-order valence-electron chi connectivity index (χ0n) is 16.0. The number of fused-ring (bicyclic) bond motifs is 1. The Hall–Kier alpha value is -3.15. The first kappa shape index (κ1) is 20.1. The molecule has 3 aromatic rings. The minimum Gasteiger partial charge on any atom is -0.308 e. The van der Waals surface area contributed by atoms with Crippen LogP contribution in [0.2, 0.25) is 10.0 Å². The Balaban J connectivity index is 1.52. The zero-order valence-corrected chi connectivity index (χ0v) is 17.5. The van der Waals surface area contributed by atoms with Crippen LogP contribution in [-0.2, 0) is 11.3 Å². The number of nitrogens with one attached hydrogen (secondary N) is 2. The van der Waals surface area contributed by atoms with Gasteiger partial charge in [0.15, 0.2) is 5.78 Å². The van der Waals surface area contributed by atoms with Gasteiger partial charge in [0.2, 0.25) is 0 Å². The largest absolute Gasteiger partial charge is 0.323 e. The first-order chi connectivity index (χ1) is 14.4. The Bertz CT molecular complexity index is 1200. The Morgan fingerprint density at radius 2 is 1.70 bits per heavy atom. The minimum atomic E-state index is -0.426. The molecule has 0 radical (unpaired) electrons. The summed E-state index contributed by atoms with van der Waals surface area (Å²) >= 11 is 12.1. The number of amides is 2. The monoisotopic (exact) mass is 437 g/mol. The normalized spacial score (nSPS) is 12.2. The Labute approximate surface area is 183 Å². The fraction of sp³-hybridized carbons (Fsp3) is 0.0870. The van der Waals surface area contributed by atoms with Gasteiger partial charge in [0.25, 0.3) is 0 Å². The number of halogens is 2. The molecule has 1 aliphatic rings. The summed E-state index contributed by atoms with van der Waals surface area (Å²) in [6.45, 7) is 2.03. The van der Waals surface area contributed by atoms with Crippen LogP contribution in [0.25, 0.3) is 11.1 Å². The van der Waals surface area contributed by atoms with Crippen LogP contribution in [0.4, 0.5) is 16.2 Å². The molecule has 0 aliphatic carbocycles. The molecule has 0 unspecified atom stereocenters. The van der Waals surface area contributed by atoms with Gasteiger partial charge in [-0.15, -0.1) is 0 Å². The number of hydrogen-bond donors (Lipinski definition) is 2. The maximum atomic E-state index is 12.4. The Morgan fingerprint density at radius 3 is 2.50 bits per heavy atom. The van der Waals surface area contributed by atoms with Crippen molar-refractivity contribution in [2.75, 3.05) is 10.6 Å². The zero-order chi connectivity index (χ0) is 21.3. The molecule has 2 amide bonds. The molecule has 0 saturated carbocycles. The van der Waals surface area contributed by atoms with E-state index in [-0.39, 0.29) is 10.8 Å². The number of carbonyl (C=O) groups is 2. The summed E-state index contributed by atoms with van der Waals surface area (Å²) < 4.78 is 0. The van der Waals surface area contributed by atoms with Crippen LogP contribution in [0.1, 0.15) is 18.1 Å². The Morgan fingerprint density at radius 1 is 0.933 bits per heavy atom. The molecule has 1 aliphatic heterocycles. The van der Waals surface area contributed by atoms with E-state index in [1.165, 1.54) is 6.92 Å². The van der Waals surface area contributed by atoms with Crippen LogP contribution in [-0.4, -0.2) is 17.5 Å². The lowest BCUT2D eigenvalue weighted by Crippen LogP contribution is -2.19. The molecule has 7 heteroatoms. The van der Waals surface area contributed by atoms with Crippen molar-refractivity contribution < 1.29 is 9.59 Å². The first-order valence-corrected chi connectivity index (χ1v) is 9.99. The topological polar surface area (TPSA) is 70.6 Å². The number of urea groups is 1. The number of aliphatic imine (C=N–C) groups is 1. The van der Waals surface area contributed by atoms with Gasteiger partial charge in [0, 0.05) is 18.2 Å². The number of anilines is 2. The number of nitrogens with zero attached hydrogens (tertiary/aromatic N) is 1. The summed E-state index contributed by atoms with van der Waals surface area (Å²) in [5, 5.41) is 6.15. The third kappa shape index (κ3) is 4.08. The molecule has 150 valence electrons. The third-order valence-electron chi connectivity index (χ3n) is 4.75. The highest BCUT2D eigenvalue weighted by atomic mass is 35.5. The highest BCUT2D eigenvalue weighted by molar-refractivity contribution is 6.46. The standard InChI is InChI=1S/C23H17Cl2N3O2/c1-13(29)22-18-9-8-15(10-16(18)12-26-22)14-4-2-5-17(11-14)27-23(30)28-20-7-3-6-19(24)21(20)25/h2-11H,12H2,1H3,(H2,27,28,30). The van der Waals surface area contributed by atoms with Crippen LogP contribution in [0.5, 0.6) is 0 Å². The number of carbonyl (C=O) groups excluding carboxylic acids is 2. The average molecular weight is 438 g/mol. The van der Waals surface area contributed by atoms with Crippen LogP contribution in [0.3, 0.4) is 0 Å². The first-order valence-electron chi connectivity index (χ1n) is 9.23. The average Bonchev–Trinajstić information content (AvgIpc) is 3.15. The van der Waals surface area contributed by atoms with Crippen molar-refractivity contribution in [3.8, 4) is 11.1 Å². The van der Waals surface area contributed by atoms with Crippen molar-refractivity contribution in [1.82, 2.24) is 0 Å². The van der Waals surface area contributed by atoms with E-state index in [1.807, 2.05) is 36.4 Å². The smallest absolute Gasteiger partial charge is 0.308 e. The van der Waals surface area contributed by atoms with E-state index in [0.717, 1.165) is 22.3 Å². The van der Waals surface area contributed by atoms with Gasteiger partial charge in [-0.3, -0.25) is 9.79 Å². The van der Waals surface area contributed by atoms with E-state index in [0.29, 0.717) is 28.7 Å². The van der Waals surface area contributed by atoms with Gasteiger partial charge < -0.3 is 10.6 Å². The summed E-state index contributed by atoms with van der Waals surface area (Å²) in [5.41, 5.74) is 5.41. The molecule has 0 bridgehead atoms. The number of hydrogen-bond acceptors (Lipinski definition) is 3. The van der Waals surface area contributed by atoms with Crippen LogP contribution < -0.4 is 10.6 Å². The second kappa shape index (κ2) is 8.30.